The van der Waals surface area contributed by atoms with Gasteiger partial charge in [0.05, 0.1) is 6.10 Å². The summed E-state index contributed by atoms with van der Waals surface area (Å²) in [5, 5.41) is 14.5. The summed E-state index contributed by atoms with van der Waals surface area (Å²) in [6, 6.07) is 7.79. The van der Waals surface area contributed by atoms with E-state index in [2.05, 4.69) is 5.38 Å². The van der Waals surface area contributed by atoms with Gasteiger partial charge in [0.1, 0.15) is 11.9 Å². The van der Waals surface area contributed by atoms with Crippen LogP contribution in [-0.2, 0) is 0 Å². The van der Waals surface area contributed by atoms with Crippen molar-refractivity contribution in [2.24, 2.45) is 0 Å². The Morgan fingerprint density at radius 3 is 2.83 bits per heavy atom. The summed E-state index contributed by atoms with van der Waals surface area (Å²) in [5.41, 5.74) is 3.03. The first-order valence-electron chi connectivity index (χ1n) is 6.21. The normalized spacial score (nSPS) is 16.6. The topological polar surface area (TPSA) is 29.5 Å². The molecule has 1 N–H and O–H groups in total. The molecular weight excluding hydrogens is 244 g/mol. The average Bonchev–Trinajstić information content (AvgIpc) is 3.08. The minimum atomic E-state index is -0.556. The lowest BCUT2D eigenvalue weighted by atomic mass is 10.0. The minimum Gasteiger partial charge on any atom is -0.490 e. The van der Waals surface area contributed by atoms with E-state index in [4.69, 9.17) is 4.74 Å². The largest absolute Gasteiger partial charge is 0.490 e. The molecule has 1 aliphatic rings. The highest BCUT2D eigenvalue weighted by atomic mass is 32.1. The maximum absolute atomic E-state index is 10.4. The Balaban J connectivity index is 1.84. The lowest BCUT2D eigenvalue weighted by molar-refractivity contribution is 0.219. The zero-order chi connectivity index (χ0) is 12.5. The van der Waals surface area contributed by atoms with E-state index in [1.54, 1.807) is 11.3 Å². The van der Waals surface area contributed by atoms with Gasteiger partial charge in [0.15, 0.2) is 0 Å². The fourth-order valence-corrected chi connectivity index (χ4v) is 2.84. The van der Waals surface area contributed by atoms with Crippen molar-refractivity contribution in [1.82, 2.24) is 0 Å². The molecule has 1 heterocycles. The molecule has 2 nitrogen and oxygen atoms in total. The van der Waals surface area contributed by atoms with Crippen molar-refractivity contribution in [2.45, 2.75) is 32.0 Å². The van der Waals surface area contributed by atoms with Crippen LogP contribution < -0.4 is 4.74 Å². The van der Waals surface area contributed by atoms with Gasteiger partial charge in [-0.3, -0.25) is 0 Å². The van der Waals surface area contributed by atoms with E-state index in [0.717, 1.165) is 35.3 Å². The molecule has 3 heteroatoms. The van der Waals surface area contributed by atoms with E-state index in [1.807, 2.05) is 36.6 Å². The van der Waals surface area contributed by atoms with Crippen LogP contribution in [0.25, 0.3) is 0 Å². The van der Waals surface area contributed by atoms with Crippen molar-refractivity contribution in [2.75, 3.05) is 0 Å². The van der Waals surface area contributed by atoms with Gasteiger partial charge in [-0.1, -0.05) is 12.1 Å². The van der Waals surface area contributed by atoms with Crippen molar-refractivity contribution in [3.8, 4) is 5.75 Å². The summed E-state index contributed by atoms with van der Waals surface area (Å²) in [5.74, 6) is 0.863. The van der Waals surface area contributed by atoms with Crippen LogP contribution in [0, 0.1) is 6.92 Å². The molecule has 1 unspecified atom stereocenters. The molecule has 0 bridgehead atoms. The van der Waals surface area contributed by atoms with Crippen molar-refractivity contribution in [3.05, 3.63) is 51.7 Å². The molecule has 0 aliphatic heterocycles. The Labute approximate surface area is 111 Å². The minimum absolute atomic E-state index is 0.389. The van der Waals surface area contributed by atoms with Crippen molar-refractivity contribution in [1.29, 1.82) is 0 Å². The van der Waals surface area contributed by atoms with Gasteiger partial charge in [-0.25, -0.2) is 0 Å². The van der Waals surface area contributed by atoms with Crippen LogP contribution in [0.1, 0.15) is 35.6 Å². The fourth-order valence-electron chi connectivity index (χ4n) is 1.97. The number of rotatable bonds is 4. The summed E-state index contributed by atoms with van der Waals surface area (Å²) < 4.78 is 5.76. The molecule has 0 radical (unpaired) electrons. The summed E-state index contributed by atoms with van der Waals surface area (Å²) in [6.45, 7) is 2.03. The molecule has 1 aromatic carbocycles. The zero-order valence-electron chi connectivity index (χ0n) is 10.3. The van der Waals surface area contributed by atoms with E-state index in [1.165, 1.54) is 0 Å². The van der Waals surface area contributed by atoms with Gasteiger partial charge in [0, 0.05) is 0 Å². The predicted octanol–water partition coefficient (Wildman–Crippen LogP) is 3.68. The molecule has 94 valence electrons. The molecule has 1 saturated carbocycles. The molecule has 3 rings (SSSR count). The molecule has 0 amide bonds. The number of benzene rings is 1. The summed E-state index contributed by atoms with van der Waals surface area (Å²) in [6.07, 6.45) is 2.13. The predicted molar refractivity (Wildman–Crippen MR) is 73.2 cm³/mol. The quantitative estimate of drug-likeness (QED) is 0.908. The lowest BCUT2D eigenvalue weighted by Crippen LogP contribution is -2.01. The second-order valence-electron chi connectivity index (χ2n) is 4.80. The van der Waals surface area contributed by atoms with Crippen LogP contribution >= 0.6 is 11.3 Å². The van der Waals surface area contributed by atoms with Gasteiger partial charge in [0.2, 0.25) is 0 Å². The van der Waals surface area contributed by atoms with E-state index < -0.39 is 6.10 Å². The van der Waals surface area contributed by atoms with E-state index in [0.29, 0.717) is 6.10 Å². The average molecular weight is 260 g/mol. The molecule has 1 atom stereocenters. The third-order valence-electron chi connectivity index (χ3n) is 3.19. The van der Waals surface area contributed by atoms with E-state index >= 15 is 0 Å². The van der Waals surface area contributed by atoms with Gasteiger partial charge in [0.25, 0.3) is 0 Å². The fraction of sp³-hybridized carbons (Fsp3) is 0.333. The highest BCUT2D eigenvalue weighted by Crippen LogP contribution is 2.31. The maximum atomic E-state index is 10.4. The molecule has 18 heavy (non-hydrogen) atoms. The Morgan fingerprint density at radius 2 is 2.17 bits per heavy atom. The second-order valence-corrected chi connectivity index (χ2v) is 5.55. The second kappa shape index (κ2) is 4.75. The van der Waals surface area contributed by atoms with Gasteiger partial charge in [-0.15, -0.1) is 0 Å². The van der Waals surface area contributed by atoms with E-state index in [9.17, 15) is 5.11 Å². The number of hydrogen-bond acceptors (Lipinski definition) is 3. The standard InChI is InChI=1S/C15H16O2S/c1-10-8-18-9-14(10)15(16)11-3-2-4-13(7-11)17-12-5-6-12/h2-4,7-9,12,15-16H,5-6H2,1H3. The number of aliphatic hydroxyl groups is 1. The number of aryl methyl sites for hydroxylation is 1. The van der Waals surface area contributed by atoms with Crippen LogP contribution in [0.3, 0.4) is 0 Å². The van der Waals surface area contributed by atoms with Crippen LogP contribution in [0.2, 0.25) is 0 Å². The van der Waals surface area contributed by atoms with Crippen LogP contribution in [0.4, 0.5) is 0 Å². The van der Waals surface area contributed by atoms with Gasteiger partial charge >= 0.3 is 0 Å². The van der Waals surface area contributed by atoms with Crippen molar-refractivity contribution in [3.63, 3.8) is 0 Å². The molecule has 1 aliphatic carbocycles. The molecule has 1 fully saturated rings. The molecule has 0 saturated heterocycles. The number of ether oxygens (including phenoxy) is 1. The van der Waals surface area contributed by atoms with Gasteiger partial charge < -0.3 is 9.84 Å². The Bertz CT molecular complexity index is 543. The summed E-state index contributed by atoms with van der Waals surface area (Å²) in [4.78, 5) is 0. The van der Waals surface area contributed by atoms with Crippen LogP contribution in [-0.4, -0.2) is 11.2 Å². The lowest BCUT2D eigenvalue weighted by Gasteiger charge is -2.13. The monoisotopic (exact) mass is 260 g/mol. The summed E-state index contributed by atoms with van der Waals surface area (Å²) >= 11 is 1.62. The highest BCUT2D eigenvalue weighted by molar-refractivity contribution is 7.08. The van der Waals surface area contributed by atoms with Gasteiger partial charge in [-0.05, 0) is 59.3 Å². The first-order valence-corrected chi connectivity index (χ1v) is 7.15. The number of hydrogen-bond donors (Lipinski definition) is 1. The smallest absolute Gasteiger partial charge is 0.120 e. The van der Waals surface area contributed by atoms with Crippen molar-refractivity contribution >= 4 is 11.3 Å². The Hall–Kier alpha value is -1.32. The third-order valence-corrected chi connectivity index (χ3v) is 4.07. The first-order chi connectivity index (χ1) is 8.74. The summed E-state index contributed by atoms with van der Waals surface area (Å²) in [7, 11) is 0. The van der Waals surface area contributed by atoms with Gasteiger partial charge in [-0.2, -0.15) is 11.3 Å². The van der Waals surface area contributed by atoms with Crippen LogP contribution in [0.15, 0.2) is 35.0 Å². The first kappa shape index (κ1) is 11.8. The zero-order valence-corrected chi connectivity index (χ0v) is 11.1. The Kier molecular flexibility index (Phi) is 3.10. The highest BCUT2D eigenvalue weighted by Gasteiger charge is 2.24. The number of thiophene rings is 1. The molecule has 1 aromatic heterocycles. The maximum Gasteiger partial charge on any atom is 0.120 e. The number of aliphatic hydroxyl groups excluding tert-OH is 1. The molecule has 2 aromatic rings. The van der Waals surface area contributed by atoms with E-state index in [-0.39, 0.29) is 0 Å². The SMILES string of the molecule is Cc1cscc1C(O)c1cccc(OC2CC2)c1. The van der Waals surface area contributed by atoms with Crippen LogP contribution in [0.5, 0.6) is 5.75 Å². The molecule has 0 spiro atoms. The third kappa shape index (κ3) is 2.42. The molecular formula is C15H16O2S. The Morgan fingerprint density at radius 1 is 1.33 bits per heavy atom. The van der Waals surface area contributed by atoms with Crippen molar-refractivity contribution < 1.29 is 9.84 Å².